The van der Waals surface area contributed by atoms with Gasteiger partial charge in [0, 0.05) is 24.2 Å². The lowest BCUT2D eigenvalue weighted by atomic mass is 10.3. The Balaban J connectivity index is 1.99. The molecule has 0 spiro atoms. The molecule has 2 atom stereocenters. The van der Waals surface area contributed by atoms with Crippen molar-refractivity contribution in [2.24, 2.45) is 4.99 Å². The number of alkyl halides is 3. The third kappa shape index (κ3) is 4.54. The molecule has 1 aliphatic heterocycles. The van der Waals surface area contributed by atoms with Crippen LogP contribution in [0.4, 0.5) is 13.2 Å². The summed E-state index contributed by atoms with van der Waals surface area (Å²) >= 11 is 5.70. The van der Waals surface area contributed by atoms with Crippen LogP contribution >= 0.6 is 11.8 Å². The number of aliphatic carboxylic acids is 1. The van der Waals surface area contributed by atoms with Gasteiger partial charge < -0.3 is 14.6 Å². The van der Waals surface area contributed by atoms with Crippen molar-refractivity contribution in [2.45, 2.75) is 25.6 Å². The fraction of sp³-hybridized carbons (Fsp3) is 0.286. The molecule has 2 unspecified atom stereocenters. The van der Waals surface area contributed by atoms with Gasteiger partial charge >= 0.3 is 12.1 Å². The van der Waals surface area contributed by atoms with E-state index in [1.807, 2.05) is 0 Å². The number of carbonyl (C=O) groups is 1. The zero-order chi connectivity index (χ0) is 17.9. The van der Waals surface area contributed by atoms with Crippen molar-refractivity contribution >= 4 is 24.0 Å². The monoisotopic (exact) mass is 364 g/mol. The van der Waals surface area contributed by atoms with Crippen molar-refractivity contribution in [3.63, 3.8) is 0 Å². The topological polar surface area (TPSA) is 71.4 Å². The number of aliphatic imine (C=N–C) groups is 1. The molecule has 0 fully saturated rings. The average Bonchev–Trinajstić information content (AvgIpc) is 2.50. The molecular weight excluding hydrogens is 353 g/mol. The van der Waals surface area contributed by atoms with Crippen LogP contribution in [-0.4, -0.2) is 40.3 Å². The maximum Gasteiger partial charge on any atom is 0.419 e. The number of nitrogens with zero attached hydrogens (tertiary/aromatic N) is 2. The van der Waals surface area contributed by atoms with Gasteiger partial charge in [-0.2, -0.15) is 13.2 Å². The summed E-state index contributed by atoms with van der Waals surface area (Å²) in [6.07, 6.45) is -5.44. The minimum Gasteiger partial charge on any atom is -0.479 e. The van der Waals surface area contributed by atoms with E-state index in [1.165, 1.54) is 31.2 Å². The lowest BCUT2D eigenvalue weighted by molar-refractivity contribution is -0.144. The predicted molar refractivity (Wildman–Crippen MR) is 78.9 cm³/mol. The van der Waals surface area contributed by atoms with Gasteiger partial charge in [-0.15, -0.1) is 0 Å². The predicted octanol–water partition coefficient (Wildman–Crippen LogP) is 3.19. The highest BCUT2D eigenvalue weighted by molar-refractivity contribution is 6.14. The maximum absolute atomic E-state index is 12.5. The molecule has 1 aromatic carbocycles. The summed E-state index contributed by atoms with van der Waals surface area (Å²) in [5.74, 6) is -0.551. The molecule has 1 N–H and O–H groups in total. The van der Waals surface area contributed by atoms with E-state index in [0.29, 0.717) is 22.6 Å². The van der Waals surface area contributed by atoms with E-state index < -0.39 is 30.2 Å². The number of hydrogen-bond acceptors (Lipinski definition) is 5. The molecular formula is C14H12ClF3N2O4. The molecule has 130 valence electrons. The molecule has 0 aromatic heterocycles. The van der Waals surface area contributed by atoms with Crippen LogP contribution in [0.25, 0.3) is 0 Å². The van der Waals surface area contributed by atoms with Crippen molar-refractivity contribution in [1.29, 1.82) is 0 Å². The summed E-state index contributed by atoms with van der Waals surface area (Å²) in [7, 11) is 0. The van der Waals surface area contributed by atoms with Crippen molar-refractivity contribution in [3.8, 4) is 11.5 Å². The van der Waals surface area contributed by atoms with Gasteiger partial charge in [0.25, 0.3) is 6.35 Å². The van der Waals surface area contributed by atoms with Gasteiger partial charge in [-0.05, 0) is 31.2 Å². The van der Waals surface area contributed by atoms with Gasteiger partial charge in [0.1, 0.15) is 11.5 Å². The Morgan fingerprint density at radius 1 is 1.33 bits per heavy atom. The third-order valence-corrected chi connectivity index (χ3v) is 3.13. The summed E-state index contributed by atoms with van der Waals surface area (Å²) in [4.78, 5) is 14.3. The number of carboxylic acid groups (broad SMARTS) is 1. The molecule has 0 saturated heterocycles. The van der Waals surface area contributed by atoms with Crippen molar-refractivity contribution < 1.29 is 32.5 Å². The number of allylic oxidation sites excluding steroid dienone is 1. The molecule has 1 heterocycles. The van der Waals surface area contributed by atoms with Crippen LogP contribution in [0.1, 0.15) is 6.92 Å². The highest BCUT2D eigenvalue weighted by Crippen LogP contribution is 2.29. The van der Waals surface area contributed by atoms with E-state index in [-0.39, 0.29) is 5.75 Å². The molecule has 0 saturated carbocycles. The van der Waals surface area contributed by atoms with Crippen molar-refractivity contribution in [2.75, 3.05) is 0 Å². The van der Waals surface area contributed by atoms with Crippen LogP contribution in [0.2, 0.25) is 0 Å². The standard InChI is InChI=1S/C14H12ClF3N2O4/c1-8(12(21)22)23-10-2-4-11(5-3-10)24-13-19-6-9(7-20(13)15)14(16,17)18/h2-8,13H,1H3,(H,21,22). The lowest BCUT2D eigenvalue weighted by Crippen LogP contribution is -2.32. The summed E-state index contributed by atoms with van der Waals surface area (Å²) in [5.41, 5.74) is -0.997. The molecule has 6 nitrogen and oxygen atoms in total. The Kier molecular flexibility index (Phi) is 5.23. The Bertz CT molecular complexity index is 661. The number of hydrogen-bond donors (Lipinski definition) is 1. The van der Waals surface area contributed by atoms with Gasteiger partial charge in [-0.1, -0.05) is 0 Å². The van der Waals surface area contributed by atoms with Gasteiger partial charge in [0.05, 0.1) is 5.57 Å². The Morgan fingerprint density at radius 3 is 2.42 bits per heavy atom. The highest BCUT2D eigenvalue weighted by atomic mass is 35.5. The first-order valence-corrected chi connectivity index (χ1v) is 6.93. The van der Waals surface area contributed by atoms with Crippen LogP contribution in [0.5, 0.6) is 11.5 Å². The van der Waals surface area contributed by atoms with E-state index in [0.717, 1.165) is 0 Å². The molecule has 0 bridgehead atoms. The molecule has 0 aliphatic carbocycles. The minimum absolute atomic E-state index is 0.266. The molecule has 10 heteroatoms. The second kappa shape index (κ2) is 7.00. The number of ether oxygens (including phenoxy) is 2. The summed E-state index contributed by atoms with van der Waals surface area (Å²) in [6, 6.07) is 5.81. The lowest BCUT2D eigenvalue weighted by Gasteiger charge is -2.25. The third-order valence-electron chi connectivity index (χ3n) is 2.87. The summed E-state index contributed by atoms with van der Waals surface area (Å²) in [6.45, 7) is 1.37. The van der Waals surface area contributed by atoms with E-state index in [9.17, 15) is 18.0 Å². The van der Waals surface area contributed by atoms with Crippen LogP contribution in [-0.2, 0) is 4.79 Å². The fourth-order valence-electron chi connectivity index (χ4n) is 1.64. The van der Waals surface area contributed by atoms with Gasteiger partial charge in [-0.3, -0.25) is 0 Å². The van der Waals surface area contributed by atoms with Crippen LogP contribution in [0.15, 0.2) is 41.0 Å². The molecule has 1 aromatic rings. The SMILES string of the molecule is CC(Oc1ccc(OC2N=CC(C(F)(F)F)=CN2Cl)cc1)C(=O)O. The van der Waals surface area contributed by atoms with Gasteiger partial charge in [0.15, 0.2) is 6.10 Å². The first-order chi connectivity index (χ1) is 11.2. The fourth-order valence-corrected chi connectivity index (χ4v) is 1.83. The van der Waals surface area contributed by atoms with Crippen LogP contribution in [0.3, 0.4) is 0 Å². The highest BCUT2D eigenvalue weighted by Gasteiger charge is 2.36. The van der Waals surface area contributed by atoms with E-state index in [1.54, 1.807) is 0 Å². The van der Waals surface area contributed by atoms with E-state index in [4.69, 9.17) is 26.4 Å². The van der Waals surface area contributed by atoms with E-state index in [2.05, 4.69) is 4.99 Å². The first-order valence-electron chi connectivity index (χ1n) is 6.59. The number of carboxylic acids is 1. The average molecular weight is 365 g/mol. The molecule has 24 heavy (non-hydrogen) atoms. The normalized spacial score (nSPS) is 18.8. The molecule has 0 amide bonds. The number of halogens is 4. The second-order valence-electron chi connectivity index (χ2n) is 4.72. The number of benzene rings is 1. The second-order valence-corrected chi connectivity index (χ2v) is 5.11. The summed E-state index contributed by atoms with van der Waals surface area (Å²) < 4.78 is 48.8. The number of rotatable bonds is 5. The molecule has 1 aliphatic rings. The molecule has 0 radical (unpaired) electrons. The van der Waals surface area contributed by atoms with Gasteiger partial charge in [-0.25, -0.2) is 14.2 Å². The van der Waals surface area contributed by atoms with Crippen LogP contribution < -0.4 is 9.47 Å². The zero-order valence-electron chi connectivity index (χ0n) is 12.2. The Hall–Kier alpha value is -2.42. The zero-order valence-corrected chi connectivity index (χ0v) is 13.0. The largest absolute Gasteiger partial charge is 0.479 e. The summed E-state index contributed by atoms with van der Waals surface area (Å²) in [5, 5.41) is 8.75. The maximum atomic E-state index is 12.5. The van der Waals surface area contributed by atoms with Crippen molar-refractivity contribution in [3.05, 3.63) is 36.0 Å². The molecule has 2 rings (SSSR count). The van der Waals surface area contributed by atoms with Gasteiger partial charge in [0.2, 0.25) is 0 Å². The van der Waals surface area contributed by atoms with E-state index >= 15 is 0 Å². The Labute approximate surface area is 139 Å². The smallest absolute Gasteiger partial charge is 0.419 e. The Morgan fingerprint density at radius 2 is 1.92 bits per heavy atom. The first kappa shape index (κ1) is 17.9. The van der Waals surface area contributed by atoms with Crippen molar-refractivity contribution in [1.82, 2.24) is 4.42 Å². The minimum atomic E-state index is -4.55. The van der Waals surface area contributed by atoms with Crippen LogP contribution in [0, 0.1) is 0 Å². The quantitative estimate of drug-likeness (QED) is 0.812.